The van der Waals surface area contributed by atoms with Gasteiger partial charge in [-0.1, -0.05) is 18.2 Å². The molecule has 0 radical (unpaired) electrons. The van der Waals surface area contributed by atoms with E-state index >= 15 is 0 Å². The summed E-state index contributed by atoms with van der Waals surface area (Å²) in [4.78, 5) is 26.2. The van der Waals surface area contributed by atoms with Crippen LogP contribution >= 0.6 is 11.8 Å². The van der Waals surface area contributed by atoms with Crippen LogP contribution in [0.15, 0.2) is 48.5 Å². The van der Waals surface area contributed by atoms with Crippen LogP contribution in [0, 0.1) is 6.92 Å². The SMILES string of the molecule is CCOc1ccc(NC2SC(=O)N(c3ccccc3C)C2=O)cc1. The van der Waals surface area contributed by atoms with Gasteiger partial charge in [0, 0.05) is 5.69 Å². The molecule has 0 aliphatic carbocycles. The molecule has 0 saturated carbocycles. The molecule has 1 aliphatic rings. The first-order valence-corrected chi connectivity index (χ1v) is 8.57. The molecule has 1 saturated heterocycles. The van der Waals surface area contributed by atoms with Crippen LogP contribution < -0.4 is 15.0 Å². The topological polar surface area (TPSA) is 58.6 Å². The van der Waals surface area contributed by atoms with Crippen molar-refractivity contribution in [3.8, 4) is 5.75 Å². The third kappa shape index (κ3) is 3.23. The first kappa shape index (κ1) is 16.4. The van der Waals surface area contributed by atoms with Gasteiger partial charge in [0.25, 0.3) is 11.1 Å². The van der Waals surface area contributed by atoms with Crippen molar-refractivity contribution in [3.63, 3.8) is 0 Å². The molecule has 6 heteroatoms. The van der Waals surface area contributed by atoms with Gasteiger partial charge in [-0.25, -0.2) is 4.90 Å². The molecule has 1 aliphatic heterocycles. The van der Waals surface area contributed by atoms with Crippen LogP contribution in [0.4, 0.5) is 16.2 Å². The van der Waals surface area contributed by atoms with Crippen molar-refractivity contribution in [1.29, 1.82) is 0 Å². The van der Waals surface area contributed by atoms with Crippen LogP contribution in [0.2, 0.25) is 0 Å². The van der Waals surface area contributed by atoms with Crippen LogP contribution in [-0.2, 0) is 4.79 Å². The molecular weight excluding hydrogens is 324 g/mol. The second-order valence-electron chi connectivity index (χ2n) is 5.33. The van der Waals surface area contributed by atoms with E-state index in [0.29, 0.717) is 12.3 Å². The zero-order valence-electron chi connectivity index (χ0n) is 13.5. The van der Waals surface area contributed by atoms with E-state index < -0.39 is 5.37 Å². The Morgan fingerprint density at radius 1 is 1.12 bits per heavy atom. The number of hydrogen-bond acceptors (Lipinski definition) is 5. The monoisotopic (exact) mass is 342 g/mol. The van der Waals surface area contributed by atoms with Crippen LogP contribution in [-0.4, -0.2) is 23.1 Å². The first-order chi connectivity index (χ1) is 11.6. The lowest BCUT2D eigenvalue weighted by atomic mass is 10.2. The average Bonchev–Trinajstić information content (AvgIpc) is 2.84. The Kier molecular flexibility index (Phi) is 4.76. The van der Waals surface area contributed by atoms with Crippen molar-refractivity contribution in [2.75, 3.05) is 16.8 Å². The van der Waals surface area contributed by atoms with Gasteiger partial charge < -0.3 is 10.1 Å². The van der Waals surface area contributed by atoms with Gasteiger partial charge in [0.15, 0.2) is 5.37 Å². The number of ether oxygens (including phenoxy) is 1. The number of amides is 2. The van der Waals surface area contributed by atoms with E-state index in [0.717, 1.165) is 28.8 Å². The van der Waals surface area contributed by atoms with E-state index in [1.165, 1.54) is 4.90 Å². The molecule has 1 atom stereocenters. The molecular formula is C18H18N2O3S. The zero-order chi connectivity index (χ0) is 17.1. The van der Waals surface area contributed by atoms with Crippen molar-refractivity contribution in [3.05, 3.63) is 54.1 Å². The minimum atomic E-state index is -0.630. The quantitative estimate of drug-likeness (QED) is 0.889. The van der Waals surface area contributed by atoms with Gasteiger partial charge in [-0.3, -0.25) is 9.59 Å². The number of aryl methyl sites for hydroxylation is 1. The molecule has 1 heterocycles. The number of imide groups is 1. The van der Waals surface area contributed by atoms with E-state index in [1.807, 2.05) is 56.3 Å². The lowest BCUT2D eigenvalue weighted by Gasteiger charge is -2.17. The molecule has 5 nitrogen and oxygen atoms in total. The minimum absolute atomic E-state index is 0.256. The van der Waals surface area contributed by atoms with Crippen LogP contribution in [0.3, 0.4) is 0 Å². The van der Waals surface area contributed by atoms with Gasteiger partial charge in [0.05, 0.1) is 12.3 Å². The fourth-order valence-electron chi connectivity index (χ4n) is 2.50. The van der Waals surface area contributed by atoms with Crippen LogP contribution in [0.1, 0.15) is 12.5 Å². The smallest absolute Gasteiger partial charge is 0.295 e. The Balaban J connectivity index is 1.75. The largest absolute Gasteiger partial charge is 0.494 e. The Bertz CT molecular complexity index is 761. The fourth-order valence-corrected chi connectivity index (χ4v) is 3.40. The Labute approximate surface area is 145 Å². The molecule has 1 fully saturated rings. The predicted octanol–water partition coefficient (Wildman–Crippen LogP) is 4.03. The van der Waals surface area contributed by atoms with Gasteiger partial charge in [-0.2, -0.15) is 0 Å². The lowest BCUT2D eigenvalue weighted by Crippen LogP contribution is -2.34. The third-order valence-electron chi connectivity index (χ3n) is 3.67. The number of nitrogens with one attached hydrogen (secondary N) is 1. The highest BCUT2D eigenvalue weighted by Gasteiger charge is 2.41. The maximum Gasteiger partial charge on any atom is 0.295 e. The maximum absolute atomic E-state index is 12.6. The van der Waals surface area contributed by atoms with Gasteiger partial charge >= 0.3 is 0 Å². The molecule has 124 valence electrons. The summed E-state index contributed by atoms with van der Waals surface area (Å²) in [5, 5.41) is 2.21. The highest BCUT2D eigenvalue weighted by molar-refractivity contribution is 8.16. The second-order valence-corrected chi connectivity index (χ2v) is 6.38. The number of carbonyl (C=O) groups excluding carboxylic acids is 2. The van der Waals surface area contributed by atoms with E-state index in [1.54, 1.807) is 6.07 Å². The normalized spacial score (nSPS) is 17.2. The number of hydrogen-bond donors (Lipinski definition) is 1. The summed E-state index contributed by atoms with van der Waals surface area (Å²) in [6, 6.07) is 14.7. The summed E-state index contributed by atoms with van der Waals surface area (Å²) >= 11 is 0.990. The van der Waals surface area contributed by atoms with E-state index in [9.17, 15) is 9.59 Å². The summed E-state index contributed by atoms with van der Waals surface area (Å²) in [5.41, 5.74) is 2.29. The number of nitrogens with zero attached hydrogens (tertiary/aromatic N) is 1. The highest BCUT2D eigenvalue weighted by Crippen LogP contribution is 2.34. The lowest BCUT2D eigenvalue weighted by molar-refractivity contribution is -0.116. The minimum Gasteiger partial charge on any atom is -0.494 e. The van der Waals surface area contributed by atoms with E-state index in [2.05, 4.69) is 5.32 Å². The highest BCUT2D eigenvalue weighted by atomic mass is 32.2. The zero-order valence-corrected chi connectivity index (χ0v) is 14.3. The van der Waals surface area contributed by atoms with Gasteiger partial charge in [-0.15, -0.1) is 0 Å². The first-order valence-electron chi connectivity index (χ1n) is 7.69. The van der Waals surface area contributed by atoms with Crippen molar-refractivity contribution in [2.24, 2.45) is 0 Å². The Morgan fingerprint density at radius 2 is 1.83 bits per heavy atom. The second kappa shape index (κ2) is 6.97. The molecule has 2 aromatic rings. The molecule has 0 spiro atoms. The Morgan fingerprint density at radius 3 is 2.50 bits per heavy atom. The number of rotatable bonds is 5. The standard InChI is InChI=1S/C18H18N2O3S/c1-3-23-14-10-8-13(9-11-14)19-16-17(21)20(18(22)24-16)15-7-5-4-6-12(15)2/h4-11,16,19H,3H2,1-2H3. The molecule has 2 aromatic carbocycles. The molecule has 2 amide bonds. The van der Waals surface area contributed by atoms with Crippen molar-refractivity contribution < 1.29 is 14.3 Å². The van der Waals surface area contributed by atoms with Gasteiger partial charge in [-0.05, 0) is 61.5 Å². The predicted molar refractivity (Wildman–Crippen MR) is 96.7 cm³/mol. The summed E-state index contributed by atoms with van der Waals surface area (Å²) in [5.74, 6) is 0.513. The number of benzene rings is 2. The molecule has 1 unspecified atom stereocenters. The number of thioether (sulfide) groups is 1. The number of anilines is 2. The summed E-state index contributed by atoms with van der Waals surface area (Å²) in [6.07, 6.45) is 0. The van der Waals surface area contributed by atoms with Gasteiger partial charge in [0.1, 0.15) is 5.75 Å². The van der Waals surface area contributed by atoms with E-state index in [-0.39, 0.29) is 11.1 Å². The number of carbonyl (C=O) groups is 2. The van der Waals surface area contributed by atoms with Crippen LogP contribution in [0.5, 0.6) is 5.75 Å². The number of para-hydroxylation sites is 1. The third-order valence-corrected chi connectivity index (χ3v) is 4.60. The molecule has 24 heavy (non-hydrogen) atoms. The fraction of sp³-hybridized carbons (Fsp3) is 0.222. The molecule has 0 aromatic heterocycles. The van der Waals surface area contributed by atoms with Crippen molar-refractivity contribution in [1.82, 2.24) is 0 Å². The molecule has 0 bridgehead atoms. The average molecular weight is 342 g/mol. The van der Waals surface area contributed by atoms with Crippen LogP contribution in [0.25, 0.3) is 0 Å². The van der Waals surface area contributed by atoms with Crippen molar-refractivity contribution in [2.45, 2.75) is 19.2 Å². The summed E-state index contributed by atoms with van der Waals surface area (Å²) < 4.78 is 5.39. The van der Waals surface area contributed by atoms with Crippen molar-refractivity contribution >= 4 is 34.3 Å². The maximum atomic E-state index is 12.6. The summed E-state index contributed by atoms with van der Waals surface area (Å²) in [6.45, 7) is 4.41. The van der Waals surface area contributed by atoms with E-state index in [4.69, 9.17) is 4.74 Å². The summed E-state index contributed by atoms with van der Waals surface area (Å²) in [7, 11) is 0. The molecule has 3 rings (SSSR count). The van der Waals surface area contributed by atoms with Gasteiger partial charge in [0.2, 0.25) is 0 Å². The Hall–Kier alpha value is -2.47. The molecule has 1 N–H and O–H groups in total.